The fourth-order valence-corrected chi connectivity index (χ4v) is 5.74. The fourth-order valence-electron chi connectivity index (χ4n) is 5.74. The molecule has 1 aliphatic heterocycles. The minimum atomic E-state index is -0.00658. The van der Waals surface area contributed by atoms with Gasteiger partial charge in [-0.25, -0.2) is 9.13 Å². The van der Waals surface area contributed by atoms with Crippen molar-refractivity contribution in [1.82, 2.24) is 4.57 Å². The molecule has 4 aromatic carbocycles. The lowest BCUT2D eigenvalue weighted by Crippen LogP contribution is -3.09. The summed E-state index contributed by atoms with van der Waals surface area (Å²) in [6.45, 7) is 1.68. The molecule has 46 heavy (non-hydrogen) atoms. The number of phenols is 2. The van der Waals surface area contributed by atoms with Crippen molar-refractivity contribution in [2.75, 3.05) is 25.1 Å². The first-order chi connectivity index (χ1) is 22.3. The van der Waals surface area contributed by atoms with Gasteiger partial charge in [0, 0.05) is 15.9 Å². The number of fused-ring (bicyclic) bond motifs is 2. The Morgan fingerprint density at radius 3 is 2.00 bits per heavy atom. The molecule has 1 atom stereocenters. The van der Waals surface area contributed by atoms with E-state index >= 15 is 0 Å². The van der Waals surface area contributed by atoms with Crippen LogP contribution in [0.1, 0.15) is 25.7 Å². The Morgan fingerprint density at radius 1 is 0.761 bits per heavy atom. The standard InChI is InChI=1S/C34H36N10O2/c1-41-17-19-43(33(41)39-37-31-25-13-7-5-11-23(25)21-27(45)29(31)35)15-9-3-4-10-16-44-20-18-42(2)34(44)40-38-32-26-14-8-6-12-24(26)22-28(46)30(32)36/h5-8,11-14,17-22,35-36H,3-4,9-10,15-16H2,1-2H3,(H2,37,38,45,46)/p+3. The van der Waals surface area contributed by atoms with Crippen LogP contribution in [0.2, 0.25) is 0 Å². The van der Waals surface area contributed by atoms with E-state index in [0.717, 1.165) is 71.2 Å². The Hall–Kier alpha value is -5.62. The van der Waals surface area contributed by atoms with Gasteiger partial charge in [-0.05, 0) is 47.3 Å². The number of nitrogens with two attached hydrogens (primary N) is 2. The Labute approximate surface area is 266 Å². The number of unbranched alkanes of at least 4 members (excludes halogenated alkanes) is 3. The molecule has 6 rings (SSSR count). The number of hydrogen-bond donors (Lipinski definition) is 5. The number of aryl methyl sites for hydroxylation is 2. The zero-order valence-electron chi connectivity index (χ0n) is 26.0. The summed E-state index contributed by atoms with van der Waals surface area (Å²) < 4.78 is 5.95. The highest BCUT2D eigenvalue weighted by molar-refractivity contribution is 6.01. The molecule has 0 amide bonds. The Bertz CT molecular complexity index is 2040. The van der Waals surface area contributed by atoms with Crippen molar-refractivity contribution in [3.63, 3.8) is 0 Å². The maximum absolute atomic E-state index is 10.3. The number of guanidine groups is 1. The number of benzene rings is 4. The molecule has 12 heteroatoms. The van der Waals surface area contributed by atoms with E-state index in [9.17, 15) is 10.2 Å². The SMILES string of the molecule is C[N+]1=C(N=Nc2c(N)c(O)cc3ccccc23)[NH+](CCCCCCn2cc[n+](C)c2N=Nc2c(N)c(O)cc3ccccc23)C=C1. The van der Waals surface area contributed by atoms with Crippen LogP contribution in [0.25, 0.3) is 21.5 Å². The van der Waals surface area contributed by atoms with Crippen molar-refractivity contribution in [3.05, 3.63) is 85.5 Å². The quantitative estimate of drug-likeness (QED) is 0.0471. The fraction of sp³-hybridized carbons (Fsp3) is 0.235. The molecule has 1 aromatic heterocycles. The number of phenolic OH excluding ortho intramolecular Hbond substituents is 2. The van der Waals surface area contributed by atoms with E-state index in [1.807, 2.05) is 90.4 Å². The molecule has 2 heterocycles. The van der Waals surface area contributed by atoms with Gasteiger partial charge in [0.25, 0.3) is 0 Å². The van der Waals surface area contributed by atoms with E-state index in [-0.39, 0.29) is 22.9 Å². The number of rotatable bonds is 10. The van der Waals surface area contributed by atoms with E-state index in [0.29, 0.717) is 17.3 Å². The Kier molecular flexibility index (Phi) is 8.70. The number of azo groups is 2. The highest BCUT2D eigenvalue weighted by Crippen LogP contribution is 2.40. The van der Waals surface area contributed by atoms with Crippen LogP contribution in [0.4, 0.5) is 28.7 Å². The third-order valence-electron chi connectivity index (χ3n) is 8.32. The molecule has 1 unspecified atom stereocenters. The van der Waals surface area contributed by atoms with Crippen molar-refractivity contribution >= 4 is 56.2 Å². The van der Waals surface area contributed by atoms with Crippen LogP contribution >= 0.6 is 0 Å². The number of aromatic nitrogens is 2. The summed E-state index contributed by atoms with van der Waals surface area (Å²) in [5.74, 6) is 1.47. The van der Waals surface area contributed by atoms with Crippen molar-refractivity contribution < 1.29 is 24.3 Å². The summed E-state index contributed by atoms with van der Waals surface area (Å²) in [6, 6.07) is 18.6. The van der Waals surface area contributed by atoms with Crippen LogP contribution in [0.3, 0.4) is 0 Å². The number of nitrogen functional groups attached to an aromatic ring is 2. The van der Waals surface area contributed by atoms with Gasteiger partial charge in [-0.3, -0.25) is 0 Å². The monoisotopic (exact) mass is 619 g/mol. The van der Waals surface area contributed by atoms with Gasteiger partial charge in [-0.2, -0.15) is 9.48 Å². The molecule has 0 fully saturated rings. The average molecular weight is 620 g/mol. The van der Waals surface area contributed by atoms with Gasteiger partial charge < -0.3 is 21.7 Å². The van der Waals surface area contributed by atoms with Crippen LogP contribution in [0, 0.1) is 0 Å². The van der Waals surface area contributed by atoms with Gasteiger partial charge >= 0.3 is 11.9 Å². The van der Waals surface area contributed by atoms with Crippen LogP contribution in [0.15, 0.2) is 106 Å². The van der Waals surface area contributed by atoms with Gasteiger partial charge in [0.2, 0.25) is 0 Å². The molecule has 1 aliphatic rings. The van der Waals surface area contributed by atoms with Gasteiger partial charge in [0.05, 0.1) is 39.6 Å². The number of nitrogens with one attached hydrogen (secondary N) is 1. The van der Waals surface area contributed by atoms with Crippen molar-refractivity contribution in [1.29, 1.82) is 0 Å². The summed E-state index contributed by atoms with van der Waals surface area (Å²) in [4.78, 5) is 1.12. The first kappa shape index (κ1) is 30.4. The normalized spacial score (nSPS) is 15.0. The zero-order chi connectivity index (χ0) is 32.2. The molecule has 0 radical (unpaired) electrons. The highest BCUT2D eigenvalue weighted by Gasteiger charge is 2.30. The van der Waals surface area contributed by atoms with Crippen molar-refractivity contribution in [3.8, 4) is 11.5 Å². The van der Waals surface area contributed by atoms with Gasteiger partial charge in [0.15, 0.2) is 0 Å². The van der Waals surface area contributed by atoms with Gasteiger partial charge in [0.1, 0.15) is 51.8 Å². The van der Waals surface area contributed by atoms with Crippen molar-refractivity contribution in [2.24, 2.45) is 27.5 Å². The molecule has 0 bridgehead atoms. The summed E-state index contributed by atoms with van der Waals surface area (Å²) in [7, 11) is 3.88. The minimum Gasteiger partial charge on any atom is -0.506 e. The second kappa shape index (κ2) is 13.2. The predicted molar refractivity (Wildman–Crippen MR) is 179 cm³/mol. The molecule has 5 aromatic rings. The van der Waals surface area contributed by atoms with E-state index in [1.165, 1.54) is 0 Å². The topological polar surface area (TPSA) is 158 Å². The predicted octanol–water partition coefficient (Wildman–Crippen LogP) is 5.32. The second-order valence-corrected chi connectivity index (χ2v) is 11.5. The highest BCUT2D eigenvalue weighted by atomic mass is 16.3. The Morgan fingerprint density at radius 2 is 1.35 bits per heavy atom. The van der Waals surface area contributed by atoms with Crippen LogP contribution < -0.4 is 20.9 Å². The summed E-state index contributed by atoms with van der Waals surface area (Å²) in [6.07, 6.45) is 12.1. The number of nitrogens with zero attached hydrogens (tertiary/aromatic N) is 7. The number of imidazole rings is 1. The summed E-state index contributed by atoms with van der Waals surface area (Å²) >= 11 is 0. The third kappa shape index (κ3) is 6.15. The molecule has 12 nitrogen and oxygen atoms in total. The zero-order valence-corrected chi connectivity index (χ0v) is 26.0. The van der Waals surface area contributed by atoms with Gasteiger partial charge in [-0.15, -0.1) is 0 Å². The smallest absolute Gasteiger partial charge is 0.506 e. The number of quaternary nitrogens is 1. The summed E-state index contributed by atoms with van der Waals surface area (Å²) in [5.41, 5.74) is 13.7. The number of anilines is 2. The average Bonchev–Trinajstić information content (AvgIpc) is 3.59. The minimum absolute atomic E-state index is 0.00147. The second-order valence-electron chi connectivity index (χ2n) is 11.5. The maximum Gasteiger partial charge on any atom is 0.524 e. The lowest BCUT2D eigenvalue weighted by molar-refractivity contribution is -0.760. The molecular weight excluding hydrogens is 580 g/mol. The molecule has 0 spiro atoms. The van der Waals surface area contributed by atoms with E-state index in [1.54, 1.807) is 12.1 Å². The molecule has 7 N–H and O–H groups in total. The maximum atomic E-state index is 10.3. The third-order valence-corrected chi connectivity index (χ3v) is 8.32. The molecule has 0 saturated carbocycles. The van der Waals surface area contributed by atoms with E-state index in [4.69, 9.17) is 11.5 Å². The van der Waals surface area contributed by atoms with Crippen LogP contribution in [-0.4, -0.2) is 38.9 Å². The molecule has 0 saturated heterocycles. The van der Waals surface area contributed by atoms with E-state index in [2.05, 4.69) is 31.2 Å². The summed E-state index contributed by atoms with van der Waals surface area (Å²) in [5, 5.41) is 42.1. The van der Waals surface area contributed by atoms with E-state index < -0.39 is 0 Å². The lowest BCUT2D eigenvalue weighted by Gasteiger charge is -2.07. The molecule has 234 valence electrons. The number of hydrogen-bond acceptors (Lipinski definition) is 8. The molecular formula is C34H39N10O2+3. The first-order valence-corrected chi connectivity index (χ1v) is 15.3. The lowest BCUT2D eigenvalue weighted by atomic mass is 10.1. The first-order valence-electron chi connectivity index (χ1n) is 15.3. The molecule has 0 aliphatic carbocycles. The Balaban J connectivity index is 1.04. The van der Waals surface area contributed by atoms with Gasteiger partial charge in [-0.1, -0.05) is 60.1 Å². The largest absolute Gasteiger partial charge is 0.524 e. The van der Waals surface area contributed by atoms with Crippen molar-refractivity contribution in [2.45, 2.75) is 32.2 Å². The number of aromatic hydroxyl groups is 2. The van der Waals surface area contributed by atoms with Crippen LogP contribution in [0.5, 0.6) is 11.5 Å². The van der Waals surface area contributed by atoms with Crippen LogP contribution in [-0.2, 0) is 13.6 Å².